The van der Waals surface area contributed by atoms with Crippen molar-refractivity contribution in [2.24, 2.45) is 0 Å². The van der Waals surface area contributed by atoms with Crippen LogP contribution in [0, 0.1) is 0 Å². The Labute approximate surface area is 122 Å². The number of oxazole rings is 1. The summed E-state index contributed by atoms with van der Waals surface area (Å²) in [5.74, 6) is -0.334. The molecule has 1 aliphatic rings. The number of carbonyl (C=O) groups excluding carboxylic acids is 1. The fourth-order valence-electron chi connectivity index (χ4n) is 2.79. The number of hydrogen-bond donors (Lipinski definition) is 2. The first kappa shape index (κ1) is 13.7. The Morgan fingerprint density at radius 2 is 2.19 bits per heavy atom. The van der Waals surface area contributed by atoms with Crippen molar-refractivity contribution in [2.75, 3.05) is 11.9 Å². The molecule has 1 aliphatic heterocycles. The molecule has 1 saturated heterocycles. The topological polar surface area (TPSA) is 78.3 Å². The second kappa shape index (κ2) is 5.27. The number of rotatable bonds is 3. The Morgan fingerprint density at radius 3 is 2.95 bits per heavy atom. The van der Waals surface area contributed by atoms with Gasteiger partial charge in [0.2, 0.25) is 5.91 Å². The molecule has 21 heavy (non-hydrogen) atoms. The van der Waals surface area contributed by atoms with E-state index in [1.54, 1.807) is 12.1 Å². The molecule has 0 spiro atoms. The number of H-pyrrole nitrogens is 1. The standard InChI is InChI=1S/C15H19N3O3/c1-9(2)18-7-3-4-11(14(18)19)16-10-5-6-13-12(8-10)17-15(20)21-13/h5-6,8-9,11,16H,3-4,7H2,1-2H3,(H,17,20). The molecule has 0 radical (unpaired) electrons. The number of benzene rings is 1. The van der Waals surface area contributed by atoms with Crippen molar-refractivity contribution in [3.8, 4) is 0 Å². The van der Waals surface area contributed by atoms with Crippen LogP contribution >= 0.6 is 0 Å². The first-order valence-electron chi connectivity index (χ1n) is 7.24. The number of anilines is 1. The summed E-state index contributed by atoms with van der Waals surface area (Å²) in [6, 6.07) is 5.35. The maximum atomic E-state index is 12.4. The first-order chi connectivity index (χ1) is 10.0. The molecule has 2 aromatic rings. The number of hydrogen-bond acceptors (Lipinski definition) is 4. The Balaban J connectivity index is 1.80. The second-order valence-electron chi connectivity index (χ2n) is 5.69. The van der Waals surface area contributed by atoms with Gasteiger partial charge in [0.05, 0.1) is 5.52 Å². The average molecular weight is 289 g/mol. The van der Waals surface area contributed by atoms with Crippen LogP contribution < -0.4 is 11.1 Å². The van der Waals surface area contributed by atoms with Gasteiger partial charge in [0, 0.05) is 18.3 Å². The molecule has 6 heteroatoms. The fourth-order valence-corrected chi connectivity index (χ4v) is 2.79. The van der Waals surface area contributed by atoms with Gasteiger partial charge in [-0.15, -0.1) is 0 Å². The minimum Gasteiger partial charge on any atom is -0.408 e. The summed E-state index contributed by atoms with van der Waals surface area (Å²) in [5, 5.41) is 3.26. The van der Waals surface area contributed by atoms with Gasteiger partial charge in [0.15, 0.2) is 5.58 Å². The number of nitrogens with one attached hydrogen (secondary N) is 2. The lowest BCUT2D eigenvalue weighted by Crippen LogP contribution is -2.50. The number of fused-ring (bicyclic) bond motifs is 1. The number of aromatic amines is 1. The molecule has 112 valence electrons. The van der Waals surface area contributed by atoms with Gasteiger partial charge in [-0.25, -0.2) is 4.79 Å². The molecule has 0 aliphatic carbocycles. The van der Waals surface area contributed by atoms with Crippen LogP contribution in [-0.4, -0.2) is 34.4 Å². The van der Waals surface area contributed by atoms with E-state index in [0.717, 1.165) is 25.1 Å². The van der Waals surface area contributed by atoms with E-state index in [2.05, 4.69) is 10.3 Å². The third-order valence-corrected chi connectivity index (χ3v) is 3.86. The minimum absolute atomic E-state index is 0.136. The zero-order chi connectivity index (χ0) is 15.0. The van der Waals surface area contributed by atoms with Crippen LogP contribution in [-0.2, 0) is 4.79 Å². The summed E-state index contributed by atoms with van der Waals surface area (Å²) in [5.41, 5.74) is 1.96. The normalized spacial score (nSPS) is 19.5. The van der Waals surface area contributed by atoms with Gasteiger partial charge in [-0.3, -0.25) is 9.78 Å². The van der Waals surface area contributed by atoms with Crippen LogP contribution in [0.1, 0.15) is 26.7 Å². The third-order valence-electron chi connectivity index (χ3n) is 3.86. The van der Waals surface area contributed by atoms with Gasteiger partial charge in [-0.2, -0.15) is 0 Å². The van der Waals surface area contributed by atoms with Gasteiger partial charge in [-0.05, 0) is 44.9 Å². The Hall–Kier alpha value is -2.24. The van der Waals surface area contributed by atoms with Crippen molar-refractivity contribution in [1.29, 1.82) is 0 Å². The highest BCUT2D eigenvalue weighted by molar-refractivity contribution is 5.86. The van der Waals surface area contributed by atoms with Crippen LogP contribution in [0.2, 0.25) is 0 Å². The summed E-state index contributed by atoms with van der Waals surface area (Å²) in [7, 11) is 0. The molecule has 1 fully saturated rings. The van der Waals surface area contributed by atoms with Gasteiger partial charge in [0.1, 0.15) is 6.04 Å². The molecule has 2 heterocycles. The summed E-state index contributed by atoms with van der Waals surface area (Å²) < 4.78 is 4.97. The Morgan fingerprint density at radius 1 is 1.38 bits per heavy atom. The van der Waals surface area contributed by atoms with Crippen LogP contribution in [0.5, 0.6) is 0 Å². The van der Waals surface area contributed by atoms with Gasteiger partial charge >= 0.3 is 5.76 Å². The predicted octanol–water partition coefficient (Wildman–Crippen LogP) is 1.93. The molecular weight excluding hydrogens is 270 g/mol. The molecule has 1 aromatic heterocycles. The zero-order valence-corrected chi connectivity index (χ0v) is 12.2. The lowest BCUT2D eigenvalue weighted by Gasteiger charge is -2.35. The van der Waals surface area contributed by atoms with E-state index in [1.807, 2.05) is 24.8 Å². The highest BCUT2D eigenvalue weighted by Crippen LogP contribution is 2.21. The molecule has 1 amide bonds. The number of likely N-dealkylation sites (tertiary alicyclic amines) is 1. The van der Waals surface area contributed by atoms with Crippen LogP contribution in [0.4, 0.5) is 5.69 Å². The van der Waals surface area contributed by atoms with E-state index < -0.39 is 5.76 Å². The smallest absolute Gasteiger partial charge is 0.408 e. The molecule has 0 bridgehead atoms. The summed E-state index contributed by atoms with van der Waals surface area (Å²) in [4.78, 5) is 28.1. The van der Waals surface area contributed by atoms with E-state index >= 15 is 0 Å². The number of aromatic nitrogens is 1. The molecule has 1 aromatic carbocycles. The van der Waals surface area contributed by atoms with Crippen molar-refractivity contribution >= 4 is 22.7 Å². The molecule has 3 rings (SSSR count). The van der Waals surface area contributed by atoms with Crippen molar-refractivity contribution < 1.29 is 9.21 Å². The highest BCUT2D eigenvalue weighted by Gasteiger charge is 2.29. The van der Waals surface area contributed by atoms with Crippen LogP contribution in [0.25, 0.3) is 11.1 Å². The number of nitrogens with zero attached hydrogens (tertiary/aromatic N) is 1. The molecule has 2 N–H and O–H groups in total. The average Bonchev–Trinajstić information content (AvgIpc) is 2.80. The van der Waals surface area contributed by atoms with Crippen molar-refractivity contribution in [2.45, 2.75) is 38.8 Å². The maximum absolute atomic E-state index is 12.4. The number of amides is 1. The lowest BCUT2D eigenvalue weighted by atomic mass is 10.0. The molecule has 6 nitrogen and oxygen atoms in total. The van der Waals surface area contributed by atoms with E-state index in [-0.39, 0.29) is 18.0 Å². The SMILES string of the molecule is CC(C)N1CCCC(Nc2ccc3oc(=O)[nH]c3c2)C1=O. The number of piperidine rings is 1. The molecule has 1 atom stereocenters. The second-order valence-corrected chi connectivity index (χ2v) is 5.69. The van der Waals surface area contributed by atoms with E-state index in [9.17, 15) is 9.59 Å². The lowest BCUT2D eigenvalue weighted by molar-refractivity contribution is -0.136. The van der Waals surface area contributed by atoms with Crippen molar-refractivity contribution in [3.63, 3.8) is 0 Å². The van der Waals surface area contributed by atoms with Crippen LogP contribution in [0.3, 0.4) is 0 Å². The van der Waals surface area contributed by atoms with Crippen molar-refractivity contribution in [1.82, 2.24) is 9.88 Å². The fraction of sp³-hybridized carbons (Fsp3) is 0.467. The molecule has 0 saturated carbocycles. The van der Waals surface area contributed by atoms with Crippen LogP contribution in [0.15, 0.2) is 27.4 Å². The van der Waals surface area contributed by atoms with E-state index in [1.165, 1.54) is 0 Å². The third kappa shape index (κ3) is 2.66. The minimum atomic E-state index is -0.470. The quantitative estimate of drug-likeness (QED) is 0.905. The van der Waals surface area contributed by atoms with Gasteiger partial charge in [0.25, 0.3) is 0 Å². The molecule has 1 unspecified atom stereocenters. The highest BCUT2D eigenvalue weighted by atomic mass is 16.4. The summed E-state index contributed by atoms with van der Waals surface area (Å²) in [6.07, 6.45) is 1.81. The van der Waals surface area contributed by atoms with E-state index in [4.69, 9.17) is 4.42 Å². The first-order valence-corrected chi connectivity index (χ1v) is 7.24. The monoisotopic (exact) mass is 289 g/mol. The van der Waals surface area contributed by atoms with Gasteiger partial charge in [-0.1, -0.05) is 0 Å². The van der Waals surface area contributed by atoms with E-state index in [0.29, 0.717) is 11.1 Å². The van der Waals surface area contributed by atoms with Crippen molar-refractivity contribution in [3.05, 3.63) is 28.7 Å². The zero-order valence-electron chi connectivity index (χ0n) is 12.2. The Kier molecular flexibility index (Phi) is 3.45. The Bertz CT molecular complexity index is 716. The van der Waals surface area contributed by atoms with Gasteiger partial charge < -0.3 is 14.6 Å². The summed E-state index contributed by atoms with van der Waals surface area (Å²) >= 11 is 0. The predicted molar refractivity (Wildman–Crippen MR) is 80.3 cm³/mol. The summed E-state index contributed by atoms with van der Waals surface area (Å²) in [6.45, 7) is 4.88. The maximum Gasteiger partial charge on any atom is 0.417 e. The largest absolute Gasteiger partial charge is 0.417 e. The number of carbonyl (C=O) groups is 1. The molecular formula is C15H19N3O3.